The second-order valence-electron chi connectivity index (χ2n) is 3.49. The molecular weight excluding hydrogens is 249 g/mol. The zero-order chi connectivity index (χ0) is 13.8. The van der Waals surface area contributed by atoms with Crippen LogP contribution in [-0.2, 0) is 4.74 Å². The summed E-state index contributed by atoms with van der Waals surface area (Å²) >= 11 is 0. The van der Waals surface area contributed by atoms with Crippen LogP contribution in [0.3, 0.4) is 0 Å². The van der Waals surface area contributed by atoms with Gasteiger partial charge in [0.05, 0.1) is 23.5 Å². The monoisotopic (exact) mass is 262 g/mol. The Labute approximate surface area is 102 Å². The lowest BCUT2D eigenvalue weighted by Crippen LogP contribution is -2.22. The number of esters is 1. The molecule has 0 aliphatic carbocycles. The fraction of sp³-hybridized carbons (Fsp3) is 0.364. The number of nitrogen functional groups attached to an aromatic ring is 1. The van der Waals surface area contributed by atoms with Crippen LogP contribution < -0.4 is 11.1 Å². The number of carbonyl (C=O) groups excluding carboxylic acids is 1. The normalized spacial score (nSPS) is 11.1. The van der Waals surface area contributed by atoms with E-state index in [9.17, 15) is 18.0 Å². The molecule has 100 valence electrons. The summed E-state index contributed by atoms with van der Waals surface area (Å²) in [7, 11) is 0. The number of benzene rings is 1. The minimum Gasteiger partial charge on any atom is -0.462 e. The Morgan fingerprint density at radius 3 is 2.67 bits per heavy atom. The molecule has 3 N–H and O–H groups in total. The minimum absolute atomic E-state index is 0.0536. The van der Waals surface area contributed by atoms with Gasteiger partial charge in [-0.05, 0) is 25.1 Å². The third-order valence-electron chi connectivity index (χ3n) is 2.04. The van der Waals surface area contributed by atoms with Gasteiger partial charge in [-0.25, -0.2) is 4.79 Å². The second kappa shape index (κ2) is 5.61. The molecule has 0 fully saturated rings. The first-order valence-corrected chi connectivity index (χ1v) is 5.20. The highest BCUT2D eigenvalue weighted by Crippen LogP contribution is 2.23. The number of halogens is 3. The fourth-order valence-corrected chi connectivity index (χ4v) is 1.25. The Balaban J connectivity index is 2.84. The summed E-state index contributed by atoms with van der Waals surface area (Å²) in [6, 6.07) is 3.98. The van der Waals surface area contributed by atoms with E-state index in [1.54, 1.807) is 6.92 Å². The van der Waals surface area contributed by atoms with E-state index in [0.717, 1.165) is 0 Å². The third-order valence-corrected chi connectivity index (χ3v) is 2.04. The number of nitrogens with two attached hydrogens (primary N) is 1. The summed E-state index contributed by atoms with van der Waals surface area (Å²) < 4.78 is 40.9. The molecule has 1 rings (SSSR count). The van der Waals surface area contributed by atoms with E-state index < -0.39 is 18.7 Å². The molecule has 0 aliphatic heterocycles. The molecule has 0 bridgehead atoms. The lowest BCUT2D eigenvalue weighted by Gasteiger charge is -2.12. The highest BCUT2D eigenvalue weighted by Gasteiger charge is 2.27. The topological polar surface area (TPSA) is 64.3 Å². The van der Waals surface area contributed by atoms with Gasteiger partial charge in [-0.15, -0.1) is 0 Å². The molecule has 18 heavy (non-hydrogen) atoms. The van der Waals surface area contributed by atoms with E-state index in [1.807, 2.05) is 0 Å². The van der Waals surface area contributed by atoms with Gasteiger partial charge in [0.15, 0.2) is 0 Å². The maximum atomic E-state index is 12.1. The van der Waals surface area contributed by atoms with Gasteiger partial charge >= 0.3 is 12.1 Å². The maximum absolute atomic E-state index is 12.1. The molecule has 0 spiro atoms. The summed E-state index contributed by atoms with van der Waals surface area (Å²) in [4.78, 5) is 11.4. The number of hydrogen-bond acceptors (Lipinski definition) is 4. The number of carbonyl (C=O) groups is 1. The molecule has 4 nitrogen and oxygen atoms in total. The number of ether oxygens (including phenoxy) is 1. The standard InChI is InChI=1S/C11H13F3N2O2/c1-2-18-10(17)7-3-4-8(15)9(5-7)16-6-11(12,13)14/h3-5,16H,2,6,15H2,1H3. The van der Waals surface area contributed by atoms with Gasteiger partial charge in [-0.2, -0.15) is 13.2 Å². The molecule has 0 saturated heterocycles. The van der Waals surface area contributed by atoms with Crippen LogP contribution in [-0.4, -0.2) is 25.3 Å². The SMILES string of the molecule is CCOC(=O)c1ccc(N)c(NCC(F)(F)F)c1. The summed E-state index contributed by atoms with van der Waals surface area (Å²) in [6.07, 6.45) is -4.35. The van der Waals surface area contributed by atoms with Crippen molar-refractivity contribution in [3.63, 3.8) is 0 Å². The molecule has 0 unspecified atom stereocenters. The van der Waals surface area contributed by atoms with E-state index in [0.29, 0.717) is 0 Å². The number of anilines is 2. The molecule has 7 heteroatoms. The third kappa shape index (κ3) is 4.15. The number of rotatable bonds is 4. The molecule has 1 aromatic carbocycles. The van der Waals surface area contributed by atoms with Gasteiger partial charge in [-0.1, -0.05) is 0 Å². The van der Waals surface area contributed by atoms with Crippen LogP contribution in [0.15, 0.2) is 18.2 Å². The summed E-state index contributed by atoms with van der Waals surface area (Å²) in [5, 5.41) is 2.13. The average molecular weight is 262 g/mol. The molecule has 0 radical (unpaired) electrons. The molecule has 0 atom stereocenters. The van der Waals surface area contributed by atoms with E-state index in [4.69, 9.17) is 10.5 Å². The second-order valence-corrected chi connectivity index (χ2v) is 3.49. The predicted octanol–water partition coefficient (Wildman–Crippen LogP) is 2.42. The zero-order valence-corrected chi connectivity index (χ0v) is 9.67. The maximum Gasteiger partial charge on any atom is 0.405 e. The summed E-state index contributed by atoms with van der Waals surface area (Å²) in [5.41, 5.74) is 5.85. The van der Waals surface area contributed by atoms with Crippen molar-refractivity contribution in [1.82, 2.24) is 0 Å². The predicted molar refractivity (Wildman–Crippen MR) is 61.4 cm³/mol. The van der Waals surface area contributed by atoms with Crippen molar-refractivity contribution < 1.29 is 22.7 Å². The molecule has 0 aromatic heterocycles. The Kier molecular flexibility index (Phi) is 4.41. The lowest BCUT2D eigenvalue weighted by atomic mass is 10.1. The zero-order valence-electron chi connectivity index (χ0n) is 9.67. The Morgan fingerprint density at radius 2 is 2.11 bits per heavy atom. The van der Waals surface area contributed by atoms with Crippen molar-refractivity contribution in [2.75, 3.05) is 24.2 Å². The first-order valence-electron chi connectivity index (χ1n) is 5.20. The van der Waals surface area contributed by atoms with Crippen molar-refractivity contribution in [1.29, 1.82) is 0 Å². The van der Waals surface area contributed by atoms with E-state index in [2.05, 4.69) is 5.32 Å². The number of nitrogens with one attached hydrogen (secondary N) is 1. The van der Waals surface area contributed by atoms with Crippen molar-refractivity contribution in [3.05, 3.63) is 23.8 Å². The van der Waals surface area contributed by atoms with Crippen LogP contribution in [0.5, 0.6) is 0 Å². The van der Waals surface area contributed by atoms with Crippen LogP contribution in [0, 0.1) is 0 Å². The smallest absolute Gasteiger partial charge is 0.405 e. The lowest BCUT2D eigenvalue weighted by molar-refractivity contribution is -0.115. The fourth-order valence-electron chi connectivity index (χ4n) is 1.25. The van der Waals surface area contributed by atoms with Crippen molar-refractivity contribution in [3.8, 4) is 0 Å². The molecule has 0 saturated carbocycles. The van der Waals surface area contributed by atoms with Crippen molar-refractivity contribution in [2.24, 2.45) is 0 Å². The highest BCUT2D eigenvalue weighted by atomic mass is 19.4. The summed E-state index contributed by atoms with van der Waals surface area (Å²) in [5.74, 6) is -0.604. The van der Waals surface area contributed by atoms with Gasteiger partial charge in [0.25, 0.3) is 0 Å². The van der Waals surface area contributed by atoms with Crippen LogP contribution in [0.25, 0.3) is 0 Å². The van der Waals surface area contributed by atoms with Crippen LogP contribution in [0.4, 0.5) is 24.5 Å². The molecule has 1 aromatic rings. The van der Waals surface area contributed by atoms with Crippen LogP contribution in [0.1, 0.15) is 17.3 Å². The molecular formula is C11H13F3N2O2. The Hall–Kier alpha value is -1.92. The largest absolute Gasteiger partial charge is 0.462 e. The first kappa shape index (κ1) is 14.1. The molecule has 0 aliphatic rings. The quantitative estimate of drug-likeness (QED) is 0.646. The van der Waals surface area contributed by atoms with Crippen molar-refractivity contribution in [2.45, 2.75) is 13.1 Å². The van der Waals surface area contributed by atoms with Gasteiger partial charge in [0.2, 0.25) is 0 Å². The molecule has 0 heterocycles. The number of alkyl halides is 3. The Morgan fingerprint density at radius 1 is 1.44 bits per heavy atom. The Bertz CT molecular complexity index is 433. The minimum atomic E-state index is -4.35. The van der Waals surface area contributed by atoms with Gasteiger partial charge < -0.3 is 15.8 Å². The van der Waals surface area contributed by atoms with Crippen LogP contribution in [0.2, 0.25) is 0 Å². The summed E-state index contributed by atoms with van der Waals surface area (Å²) in [6.45, 7) is 0.607. The van der Waals surface area contributed by atoms with E-state index in [-0.39, 0.29) is 23.5 Å². The van der Waals surface area contributed by atoms with E-state index in [1.165, 1.54) is 18.2 Å². The number of hydrogen-bond donors (Lipinski definition) is 2. The van der Waals surface area contributed by atoms with Gasteiger partial charge in [0.1, 0.15) is 6.54 Å². The van der Waals surface area contributed by atoms with E-state index >= 15 is 0 Å². The van der Waals surface area contributed by atoms with Gasteiger partial charge in [-0.3, -0.25) is 0 Å². The van der Waals surface area contributed by atoms with Crippen molar-refractivity contribution >= 4 is 17.3 Å². The highest BCUT2D eigenvalue weighted by molar-refractivity contribution is 5.92. The average Bonchev–Trinajstić information content (AvgIpc) is 2.27. The first-order chi connectivity index (χ1) is 8.33. The molecule has 0 amide bonds. The van der Waals surface area contributed by atoms with Crippen LogP contribution >= 0.6 is 0 Å². The van der Waals surface area contributed by atoms with Gasteiger partial charge in [0, 0.05) is 0 Å².